The van der Waals surface area contributed by atoms with Crippen LogP contribution in [-0.4, -0.2) is 17.7 Å². The lowest BCUT2D eigenvalue weighted by Crippen LogP contribution is -2.41. The number of carbonyl (C=O) groups is 1. The van der Waals surface area contributed by atoms with E-state index in [1.54, 1.807) is 0 Å². The summed E-state index contributed by atoms with van der Waals surface area (Å²) in [5.74, 6) is -1.59. The topological polar surface area (TPSA) is 61.4 Å². The Kier molecular flexibility index (Phi) is 5.19. The fourth-order valence-electron chi connectivity index (χ4n) is 2.44. The van der Waals surface area contributed by atoms with Crippen LogP contribution in [0.1, 0.15) is 23.6 Å². The molecule has 4 nitrogen and oxygen atoms in total. The van der Waals surface area contributed by atoms with Crippen molar-refractivity contribution >= 4 is 11.7 Å². The summed E-state index contributed by atoms with van der Waals surface area (Å²) < 4.78 is 26.8. The molecule has 24 heavy (non-hydrogen) atoms. The van der Waals surface area contributed by atoms with Gasteiger partial charge in [-0.2, -0.15) is 0 Å². The van der Waals surface area contributed by atoms with E-state index in [9.17, 15) is 18.7 Å². The van der Waals surface area contributed by atoms with Crippen molar-refractivity contribution in [2.24, 2.45) is 0 Å². The number of aryl methyl sites for hydroxylation is 2. The van der Waals surface area contributed by atoms with Gasteiger partial charge in [-0.05, 0) is 38.0 Å². The number of aliphatic hydroxyl groups is 1. The van der Waals surface area contributed by atoms with Crippen LogP contribution < -0.4 is 10.6 Å². The molecule has 0 heterocycles. The summed E-state index contributed by atoms with van der Waals surface area (Å²) >= 11 is 0. The van der Waals surface area contributed by atoms with Gasteiger partial charge in [0.15, 0.2) is 0 Å². The third-order valence-corrected chi connectivity index (χ3v) is 3.82. The highest BCUT2D eigenvalue weighted by Gasteiger charge is 2.27. The molecular formula is C18H20F2N2O2. The summed E-state index contributed by atoms with van der Waals surface area (Å²) in [6.07, 6.45) is 0. The molecule has 1 unspecified atom stereocenters. The van der Waals surface area contributed by atoms with E-state index in [4.69, 9.17) is 0 Å². The molecule has 3 N–H and O–H groups in total. The van der Waals surface area contributed by atoms with Crippen molar-refractivity contribution in [3.63, 3.8) is 0 Å². The Morgan fingerprint density at radius 2 is 1.79 bits per heavy atom. The normalized spacial score (nSPS) is 13.2. The first kappa shape index (κ1) is 17.9. The second-order valence-electron chi connectivity index (χ2n) is 5.97. The van der Waals surface area contributed by atoms with Crippen molar-refractivity contribution in [1.82, 2.24) is 5.32 Å². The van der Waals surface area contributed by atoms with Gasteiger partial charge in [-0.25, -0.2) is 13.6 Å². The lowest BCUT2D eigenvalue weighted by Gasteiger charge is -2.25. The summed E-state index contributed by atoms with van der Waals surface area (Å²) in [6.45, 7) is 4.86. The first-order valence-corrected chi connectivity index (χ1v) is 7.49. The van der Waals surface area contributed by atoms with Gasteiger partial charge in [0.05, 0.1) is 6.54 Å². The molecular weight excluding hydrogens is 314 g/mol. The number of nitrogens with one attached hydrogen (secondary N) is 2. The molecule has 2 aromatic rings. The maximum absolute atomic E-state index is 13.8. The highest BCUT2D eigenvalue weighted by atomic mass is 19.1. The number of carbonyl (C=O) groups excluding carboxylic acids is 1. The summed E-state index contributed by atoms with van der Waals surface area (Å²) in [5, 5.41) is 15.6. The molecule has 0 aliphatic carbocycles. The number of hydrogen-bond donors (Lipinski definition) is 3. The number of para-hydroxylation sites is 1. The molecule has 0 bridgehead atoms. The molecule has 2 aromatic carbocycles. The average molecular weight is 334 g/mol. The van der Waals surface area contributed by atoms with E-state index in [2.05, 4.69) is 10.6 Å². The van der Waals surface area contributed by atoms with Gasteiger partial charge in [-0.1, -0.05) is 24.3 Å². The molecule has 0 saturated carbocycles. The molecule has 0 aliphatic heterocycles. The Labute approximate surface area is 139 Å². The van der Waals surface area contributed by atoms with Crippen LogP contribution in [0.3, 0.4) is 0 Å². The maximum Gasteiger partial charge on any atom is 0.319 e. The standard InChI is InChI=1S/C18H20F2N2O2/c1-11-5-4-6-12(2)16(11)22-17(23)21-10-18(3,24)14-8-7-13(19)9-15(14)20/h4-9,24H,10H2,1-3H3,(H2,21,22,23). The van der Waals surface area contributed by atoms with E-state index in [1.807, 2.05) is 32.0 Å². The highest BCUT2D eigenvalue weighted by molar-refractivity contribution is 5.91. The van der Waals surface area contributed by atoms with E-state index in [0.29, 0.717) is 11.8 Å². The predicted molar refractivity (Wildman–Crippen MR) is 88.9 cm³/mol. The Bertz CT molecular complexity index is 740. The van der Waals surface area contributed by atoms with Gasteiger partial charge in [-0.3, -0.25) is 0 Å². The summed E-state index contributed by atoms with van der Waals surface area (Å²) in [7, 11) is 0. The molecule has 0 fully saturated rings. The predicted octanol–water partition coefficient (Wildman–Crippen LogP) is 3.61. The summed E-state index contributed by atoms with van der Waals surface area (Å²) in [6, 6.07) is 8.02. The zero-order valence-electron chi connectivity index (χ0n) is 13.8. The number of hydrogen-bond acceptors (Lipinski definition) is 2. The fourth-order valence-corrected chi connectivity index (χ4v) is 2.44. The third-order valence-electron chi connectivity index (χ3n) is 3.82. The third kappa shape index (κ3) is 4.08. The average Bonchev–Trinajstić information content (AvgIpc) is 2.49. The molecule has 0 saturated heterocycles. The van der Waals surface area contributed by atoms with Crippen molar-refractivity contribution in [3.8, 4) is 0 Å². The minimum atomic E-state index is -1.67. The van der Waals surface area contributed by atoms with Gasteiger partial charge in [-0.15, -0.1) is 0 Å². The van der Waals surface area contributed by atoms with Crippen LogP contribution in [0.4, 0.5) is 19.3 Å². The first-order chi connectivity index (χ1) is 11.2. The molecule has 0 radical (unpaired) electrons. The molecule has 0 aromatic heterocycles. The molecule has 0 spiro atoms. The largest absolute Gasteiger partial charge is 0.383 e. The smallest absolute Gasteiger partial charge is 0.319 e. The Morgan fingerprint density at radius 1 is 1.17 bits per heavy atom. The van der Waals surface area contributed by atoms with E-state index in [1.165, 1.54) is 6.92 Å². The number of benzene rings is 2. The molecule has 6 heteroatoms. The van der Waals surface area contributed by atoms with Crippen LogP contribution in [0.15, 0.2) is 36.4 Å². The van der Waals surface area contributed by atoms with Gasteiger partial charge in [0, 0.05) is 17.3 Å². The van der Waals surface area contributed by atoms with Crippen molar-refractivity contribution in [2.45, 2.75) is 26.4 Å². The molecule has 2 rings (SSSR count). The van der Waals surface area contributed by atoms with Gasteiger partial charge in [0.1, 0.15) is 17.2 Å². The van der Waals surface area contributed by atoms with Crippen molar-refractivity contribution in [3.05, 3.63) is 64.7 Å². The van der Waals surface area contributed by atoms with Crippen LogP contribution in [-0.2, 0) is 5.60 Å². The number of halogens is 2. The van der Waals surface area contributed by atoms with Crippen molar-refractivity contribution in [1.29, 1.82) is 0 Å². The van der Waals surface area contributed by atoms with E-state index < -0.39 is 23.3 Å². The quantitative estimate of drug-likeness (QED) is 0.800. The zero-order valence-corrected chi connectivity index (χ0v) is 13.8. The Morgan fingerprint density at radius 3 is 2.38 bits per heavy atom. The highest BCUT2D eigenvalue weighted by Crippen LogP contribution is 2.24. The lowest BCUT2D eigenvalue weighted by molar-refractivity contribution is 0.0561. The second-order valence-corrected chi connectivity index (χ2v) is 5.97. The minimum Gasteiger partial charge on any atom is -0.383 e. The minimum absolute atomic E-state index is 0.0868. The molecule has 128 valence electrons. The maximum atomic E-state index is 13.8. The van der Waals surface area contributed by atoms with Crippen LogP contribution in [0.5, 0.6) is 0 Å². The molecule has 0 aliphatic rings. The zero-order chi connectivity index (χ0) is 17.9. The molecule has 1 atom stereocenters. The number of urea groups is 1. The first-order valence-electron chi connectivity index (χ1n) is 7.49. The monoisotopic (exact) mass is 334 g/mol. The lowest BCUT2D eigenvalue weighted by atomic mass is 9.95. The number of amides is 2. The number of anilines is 1. The van der Waals surface area contributed by atoms with Crippen molar-refractivity contribution < 1.29 is 18.7 Å². The Balaban J connectivity index is 2.05. The van der Waals surface area contributed by atoms with E-state index in [-0.39, 0.29) is 12.1 Å². The van der Waals surface area contributed by atoms with Gasteiger partial charge < -0.3 is 15.7 Å². The van der Waals surface area contributed by atoms with E-state index >= 15 is 0 Å². The van der Waals surface area contributed by atoms with Gasteiger partial charge in [0.2, 0.25) is 0 Å². The Hall–Kier alpha value is -2.47. The van der Waals surface area contributed by atoms with Crippen LogP contribution >= 0.6 is 0 Å². The molecule has 2 amide bonds. The second kappa shape index (κ2) is 6.97. The van der Waals surface area contributed by atoms with Gasteiger partial charge in [0.25, 0.3) is 0 Å². The summed E-state index contributed by atoms with van der Waals surface area (Å²) in [4.78, 5) is 12.0. The van der Waals surface area contributed by atoms with E-state index in [0.717, 1.165) is 23.3 Å². The number of rotatable bonds is 4. The van der Waals surface area contributed by atoms with Gasteiger partial charge >= 0.3 is 6.03 Å². The fraction of sp³-hybridized carbons (Fsp3) is 0.278. The summed E-state index contributed by atoms with van der Waals surface area (Å²) in [5.41, 5.74) is 0.734. The van der Waals surface area contributed by atoms with Crippen LogP contribution in [0.25, 0.3) is 0 Å². The van der Waals surface area contributed by atoms with Crippen LogP contribution in [0, 0.1) is 25.5 Å². The van der Waals surface area contributed by atoms with Crippen molar-refractivity contribution in [2.75, 3.05) is 11.9 Å². The van der Waals surface area contributed by atoms with Crippen LogP contribution in [0.2, 0.25) is 0 Å². The SMILES string of the molecule is Cc1cccc(C)c1NC(=O)NCC(C)(O)c1ccc(F)cc1F.